The smallest absolute Gasteiger partial charge is 0.465 e. The third kappa shape index (κ3) is 3.30. The van der Waals surface area contributed by atoms with Crippen molar-refractivity contribution in [2.24, 2.45) is 13.0 Å². The van der Waals surface area contributed by atoms with Gasteiger partial charge >= 0.3 is 13.1 Å². The zero-order chi connectivity index (χ0) is 20.1. The van der Waals surface area contributed by atoms with Gasteiger partial charge in [0.1, 0.15) is 0 Å². The summed E-state index contributed by atoms with van der Waals surface area (Å²) < 4.78 is 19.6. The van der Waals surface area contributed by atoms with Crippen LogP contribution in [0.1, 0.15) is 57.5 Å². The van der Waals surface area contributed by atoms with E-state index in [1.165, 1.54) is 7.11 Å². The minimum Gasteiger partial charge on any atom is -0.465 e. The van der Waals surface area contributed by atoms with Crippen LogP contribution in [0, 0.1) is 5.92 Å². The molecule has 0 amide bonds. The first-order valence-electron chi connectivity index (χ1n) is 9.53. The number of benzene rings is 1. The molecule has 27 heavy (non-hydrogen) atoms. The van der Waals surface area contributed by atoms with Crippen molar-refractivity contribution in [1.29, 1.82) is 0 Å². The van der Waals surface area contributed by atoms with Crippen LogP contribution in [-0.2, 0) is 27.5 Å². The lowest BCUT2D eigenvalue weighted by Crippen LogP contribution is -2.41. The fraction of sp³-hybridized carbons (Fsp3) is 0.571. The molecule has 0 saturated carbocycles. The Hall–Kier alpha value is -1.79. The van der Waals surface area contributed by atoms with E-state index in [9.17, 15) is 4.79 Å². The van der Waals surface area contributed by atoms with Crippen molar-refractivity contribution in [3.8, 4) is 0 Å². The molecule has 0 unspecified atom stereocenters. The Morgan fingerprint density at radius 1 is 1.19 bits per heavy atom. The van der Waals surface area contributed by atoms with Gasteiger partial charge in [-0.25, -0.2) is 4.79 Å². The van der Waals surface area contributed by atoms with E-state index in [-0.39, 0.29) is 5.97 Å². The summed E-state index contributed by atoms with van der Waals surface area (Å²) >= 11 is 0. The van der Waals surface area contributed by atoms with Crippen LogP contribution < -0.4 is 5.46 Å². The summed E-state index contributed by atoms with van der Waals surface area (Å²) in [6, 6.07) is 3.84. The average Bonchev–Trinajstić information content (AvgIpc) is 3.00. The molecule has 5 nitrogen and oxygen atoms in total. The molecule has 1 aromatic carbocycles. The van der Waals surface area contributed by atoms with Crippen molar-refractivity contribution in [1.82, 2.24) is 4.57 Å². The predicted octanol–water partition coefficient (Wildman–Crippen LogP) is 3.46. The number of hydrogen-bond acceptors (Lipinski definition) is 4. The first kappa shape index (κ1) is 20.0. The van der Waals surface area contributed by atoms with E-state index in [0.29, 0.717) is 11.5 Å². The van der Waals surface area contributed by atoms with Crippen molar-refractivity contribution >= 4 is 29.5 Å². The SMILES string of the molecule is COC(=O)c1ccc2c(B3OC(C)(C)C(C)(C)O3)cn(C)c2c1CC(C)C. The van der Waals surface area contributed by atoms with Crippen LogP contribution in [0.4, 0.5) is 0 Å². The molecule has 0 atom stereocenters. The van der Waals surface area contributed by atoms with E-state index in [1.54, 1.807) is 0 Å². The largest absolute Gasteiger partial charge is 0.497 e. The second kappa shape index (κ2) is 6.68. The lowest BCUT2D eigenvalue weighted by molar-refractivity contribution is 0.00578. The van der Waals surface area contributed by atoms with Gasteiger partial charge < -0.3 is 18.6 Å². The molecule has 1 aliphatic heterocycles. The molecule has 2 aromatic rings. The van der Waals surface area contributed by atoms with Crippen molar-refractivity contribution in [3.63, 3.8) is 0 Å². The van der Waals surface area contributed by atoms with Gasteiger partial charge in [-0.3, -0.25) is 0 Å². The van der Waals surface area contributed by atoms with Crippen LogP contribution in [0.5, 0.6) is 0 Å². The molecule has 0 N–H and O–H groups in total. The van der Waals surface area contributed by atoms with E-state index < -0.39 is 18.3 Å². The Morgan fingerprint density at radius 2 is 1.78 bits per heavy atom. The number of aromatic nitrogens is 1. The molecular formula is C21H30BNO4. The lowest BCUT2D eigenvalue weighted by Gasteiger charge is -2.32. The number of rotatable bonds is 4. The molecule has 6 heteroatoms. The van der Waals surface area contributed by atoms with Crippen molar-refractivity contribution in [2.45, 2.75) is 59.2 Å². The van der Waals surface area contributed by atoms with Gasteiger partial charge in [0.15, 0.2) is 0 Å². The van der Waals surface area contributed by atoms with Crippen molar-refractivity contribution in [2.75, 3.05) is 7.11 Å². The molecule has 1 aliphatic rings. The summed E-state index contributed by atoms with van der Waals surface area (Å²) in [5.74, 6) is 0.111. The van der Waals surface area contributed by atoms with E-state index in [2.05, 4.69) is 52.3 Å². The monoisotopic (exact) mass is 371 g/mol. The zero-order valence-electron chi connectivity index (χ0n) is 17.7. The molecule has 0 spiro atoms. The maximum atomic E-state index is 12.3. The van der Waals surface area contributed by atoms with Gasteiger partial charge in [0.25, 0.3) is 0 Å². The molecule has 1 fully saturated rings. The number of ether oxygens (including phenoxy) is 1. The van der Waals surface area contributed by atoms with Crippen LogP contribution in [0.2, 0.25) is 0 Å². The second-order valence-corrected chi connectivity index (χ2v) is 8.86. The normalized spacial score (nSPS) is 18.5. The van der Waals surface area contributed by atoms with Crippen LogP contribution in [0.3, 0.4) is 0 Å². The highest BCUT2D eigenvalue weighted by molar-refractivity contribution is 6.65. The highest BCUT2D eigenvalue weighted by atomic mass is 16.7. The average molecular weight is 371 g/mol. The number of aryl methyl sites for hydroxylation is 1. The highest BCUT2D eigenvalue weighted by Crippen LogP contribution is 2.37. The first-order chi connectivity index (χ1) is 12.5. The number of esters is 1. The van der Waals surface area contributed by atoms with Gasteiger partial charge in [0.2, 0.25) is 0 Å². The van der Waals surface area contributed by atoms with Crippen molar-refractivity contribution < 1.29 is 18.8 Å². The number of fused-ring (bicyclic) bond motifs is 1. The molecule has 2 heterocycles. The summed E-state index contributed by atoms with van der Waals surface area (Å²) in [6.45, 7) is 12.5. The Kier molecular flexibility index (Phi) is 4.94. The zero-order valence-corrected chi connectivity index (χ0v) is 17.7. The predicted molar refractivity (Wildman–Crippen MR) is 109 cm³/mol. The molecule has 0 aliphatic carbocycles. The fourth-order valence-corrected chi connectivity index (χ4v) is 3.69. The van der Waals surface area contributed by atoms with Gasteiger partial charge in [0, 0.05) is 18.7 Å². The number of carbonyl (C=O) groups excluding carboxylic acids is 1. The molecule has 0 bridgehead atoms. The van der Waals surface area contributed by atoms with Gasteiger partial charge in [-0.1, -0.05) is 19.9 Å². The molecule has 1 aromatic heterocycles. The van der Waals surface area contributed by atoms with Crippen LogP contribution in [0.15, 0.2) is 18.3 Å². The summed E-state index contributed by atoms with van der Waals surface area (Å²) in [5.41, 5.74) is 2.88. The van der Waals surface area contributed by atoms with Gasteiger partial charge in [-0.2, -0.15) is 0 Å². The Bertz CT molecular complexity index is 866. The minimum absolute atomic E-state index is 0.300. The van der Waals surface area contributed by atoms with E-state index in [4.69, 9.17) is 14.0 Å². The number of nitrogens with zero attached hydrogens (tertiary/aromatic N) is 1. The fourth-order valence-electron chi connectivity index (χ4n) is 3.69. The van der Waals surface area contributed by atoms with Gasteiger partial charge in [-0.15, -0.1) is 0 Å². The minimum atomic E-state index is -0.436. The Balaban J connectivity index is 2.18. The highest BCUT2D eigenvalue weighted by Gasteiger charge is 2.52. The standard InChI is InChI=1S/C21H30BNO4/c1-13(2)11-16-14(19(24)25-8)9-10-15-17(12-23(7)18(15)16)22-26-20(3,4)21(5,6)27-22/h9-10,12-13H,11H2,1-8H3. The molecule has 1 saturated heterocycles. The summed E-state index contributed by atoms with van der Waals surface area (Å²) in [6.07, 6.45) is 2.85. The number of hydrogen-bond donors (Lipinski definition) is 0. The topological polar surface area (TPSA) is 49.7 Å². The molecule has 146 valence electrons. The van der Waals surface area contributed by atoms with Gasteiger partial charge in [0.05, 0.1) is 29.4 Å². The molecular weight excluding hydrogens is 341 g/mol. The third-order valence-electron chi connectivity index (χ3n) is 5.80. The Labute approximate surface area is 162 Å². The van der Waals surface area contributed by atoms with Crippen LogP contribution in [0.25, 0.3) is 10.9 Å². The summed E-state index contributed by atoms with van der Waals surface area (Å²) in [7, 11) is 2.99. The quantitative estimate of drug-likeness (QED) is 0.610. The Morgan fingerprint density at radius 3 is 2.30 bits per heavy atom. The van der Waals surface area contributed by atoms with Crippen molar-refractivity contribution in [3.05, 3.63) is 29.5 Å². The first-order valence-corrected chi connectivity index (χ1v) is 9.53. The van der Waals surface area contributed by atoms with Crippen LogP contribution in [-0.4, -0.2) is 36.0 Å². The number of carbonyl (C=O) groups is 1. The van der Waals surface area contributed by atoms with E-state index >= 15 is 0 Å². The van der Waals surface area contributed by atoms with E-state index in [1.807, 2.05) is 19.2 Å². The maximum absolute atomic E-state index is 12.3. The lowest BCUT2D eigenvalue weighted by atomic mass is 9.78. The van der Waals surface area contributed by atoms with Gasteiger partial charge in [-0.05, 0) is 57.0 Å². The van der Waals surface area contributed by atoms with Crippen LogP contribution >= 0.6 is 0 Å². The number of methoxy groups -OCH3 is 1. The maximum Gasteiger partial charge on any atom is 0.497 e. The molecule has 0 radical (unpaired) electrons. The molecule has 3 rings (SSSR count). The summed E-state index contributed by atoms with van der Waals surface area (Å²) in [4.78, 5) is 12.3. The van der Waals surface area contributed by atoms with E-state index in [0.717, 1.165) is 28.4 Å². The second-order valence-electron chi connectivity index (χ2n) is 8.86. The third-order valence-corrected chi connectivity index (χ3v) is 5.80. The summed E-state index contributed by atoms with van der Waals surface area (Å²) in [5, 5.41) is 1.05.